The Morgan fingerprint density at radius 3 is 2.63 bits per heavy atom. The van der Waals surface area contributed by atoms with Crippen molar-refractivity contribution in [3.8, 4) is 0 Å². The summed E-state index contributed by atoms with van der Waals surface area (Å²) < 4.78 is 1.35. The van der Waals surface area contributed by atoms with Gasteiger partial charge in [-0.1, -0.05) is 24.3 Å². The zero-order valence-corrected chi connectivity index (χ0v) is 14.6. The number of amides is 1. The first-order valence-corrected chi connectivity index (χ1v) is 8.25. The van der Waals surface area contributed by atoms with Crippen LogP contribution in [0.4, 0.5) is 11.4 Å². The summed E-state index contributed by atoms with van der Waals surface area (Å²) in [5.74, 6) is -0.501. The number of pyridine rings is 1. The van der Waals surface area contributed by atoms with Gasteiger partial charge in [0, 0.05) is 24.0 Å². The third kappa shape index (κ3) is 4.27. The fourth-order valence-electron chi connectivity index (χ4n) is 2.72. The highest BCUT2D eigenvalue weighted by Crippen LogP contribution is 2.14. The van der Waals surface area contributed by atoms with Gasteiger partial charge >= 0.3 is 0 Å². The van der Waals surface area contributed by atoms with Crippen LogP contribution in [0.3, 0.4) is 0 Å². The van der Waals surface area contributed by atoms with Gasteiger partial charge in [-0.15, -0.1) is 0 Å². The lowest BCUT2D eigenvalue weighted by molar-refractivity contribution is -0.384. The van der Waals surface area contributed by atoms with Crippen molar-refractivity contribution in [2.45, 2.75) is 13.5 Å². The van der Waals surface area contributed by atoms with E-state index >= 15 is 0 Å². The van der Waals surface area contributed by atoms with E-state index in [2.05, 4.69) is 5.32 Å². The third-order valence-electron chi connectivity index (χ3n) is 4.02. The van der Waals surface area contributed by atoms with Crippen molar-refractivity contribution in [3.05, 3.63) is 104 Å². The number of nitrogens with one attached hydrogen (secondary N) is 1. The molecule has 3 aromatic rings. The van der Waals surface area contributed by atoms with Crippen molar-refractivity contribution in [2.75, 3.05) is 5.32 Å². The van der Waals surface area contributed by atoms with E-state index in [0.717, 1.165) is 5.56 Å². The molecule has 1 aromatic heterocycles. The van der Waals surface area contributed by atoms with Crippen molar-refractivity contribution in [1.82, 2.24) is 4.57 Å². The predicted octanol–water partition coefficient (Wildman–Crippen LogP) is 3.37. The van der Waals surface area contributed by atoms with Crippen LogP contribution in [0.2, 0.25) is 0 Å². The first-order chi connectivity index (χ1) is 12.9. The van der Waals surface area contributed by atoms with Gasteiger partial charge in [0.1, 0.15) is 5.56 Å². The highest BCUT2D eigenvalue weighted by atomic mass is 16.6. The topological polar surface area (TPSA) is 94.2 Å². The molecule has 7 heteroatoms. The summed E-state index contributed by atoms with van der Waals surface area (Å²) in [5.41, 5.74) is 1.69. The smallest absolute Gasteiger partial charge is 0.269 e. The Morgan fingerprint density at radius 1 is 1.11 bits per heavy atom. The Morgan fingerprint density at radius 2 is 1.89 bits per heavy atom. The van der Waals surface area contributed by atoms with Gasteiger partial charge in [-0.25, -0.2) is 0 Å². The van der Waals surface area contributed by atoms with Gasteiger partial charge in [0.2, 0.25) is 0 Å². The number of anilines is 1. The molecule has 0 saturated carbocycles. The summed E-state index contributed by atoms with van der Waals surface area (Å²) in [7, 11) is 0. The van der Waals surface area contributed by atoms with Gasteiger partial charge < -0.3 is 9.88 Å². The van der Waals surface area contributed by atoms with E-state index in [9.17, 15) is 19.7 Å². The number of nitro benzene ring substituents is 1. The molecule has 0 radical (unpaired) electrons. The van der Waals surface area contributed by atoms with Gasteiger partial charge in [0.05, 0.1) is 11.5 Å². The minimum Gasteiger partial charge on any atom is -0.322 e. The first-order valence-electron chi connectivity index (χ1n) is 8.25. The van der Waals surface area contributed by atoms with E-state index in [1.54, 1.807) is 30.5 Å². The molecule has 2 aromatic carbocycles. The average molecular weight is 363 g/mol. The number of carbonyl (C=O) groups is 1. The summed E-state index contributed by atoms with van der Waals surface area (Å²) >= 11 is 0. The second kappa shape index (κ2) is 7.65. The van der Waals surface area contributed by atoms with Crippen LogP contribution in [0.5, 0.6) is 0 Å². The highest BCUT2D eigenvalue weighted by molar-refractivity contribution is 6.04. The number of hydrogen-bond acceptors (Lipinski definition) is 4. The molecule has 0 fully saturated rings. The van der Waals surface area contributed by atoms with Gasteiger partial charge in [0.15, 0.2) is 0 Å². The molecular formula is C20H17N3O4. The number of rotatable bonds is 5. The number of nitrogens with zero attached hydrogens (tertiary/aromatic N) is 2. The fourth-order valence-corrected chi connectivity index (χ4v) is 2.72. The lowest BCUT2D eigenvalue weighted by Gasteiger charge is -2.09. The lowest BCUT2D eigenvalue weighted by Crippen LogP contribution is -2.29. The second-order valence-electron chi connectivity index (χ2n) is 6.11. The van der Waals surface area contributed by atoms with Crippen LogP contribution >= 0.6 is 0 Å². The maximum atomic E-state index is 12.7. The molecule has 0 atom stereocenters. The summed E-state index contributed by atoms with van der Waals surface area (Å²) in [6.07, 6.45) is 1.55. The first kappa shape index (κ1) is 18.1. The number of aromatic nitrogens is 1. The summed E-state index contributed by atoms with van der Waals surface area (Å²) in [6.45, 7) is 2.04. The van der Waals surface area contributed by atoms with E-state index in [1.807, 2.05) is 25.1 Å². The third-order valence-corrected chi connectivity index (χ3v) is 4.02. The minimum absolute atomic E-state index is 0.00411. The molecule has 1 heterocycles. The van der Waals surface area contributed by atoms with E-state index in [1.165, 1.54) is 22.8 Å². The molecule has 0 bridgehead atoms. The van der Waals surface area contributed by atoms with Crippen molar-refractivity contribution in [3.63, 3.8) is 0 Å². The average Bonchev–Trinajstić information content (AvgIpc) is 2.63. The van der Waals surface area contributed by atoms with Crippen molar-refractivity contribution < 1.29 is 9.72 Å². The van der Waals surface area contributed by atoms with Crippen LogP contribution in [0.15, 0.2) is 71.7 Å². The molecule has 0 spiro atoms. The molecule has 7 nitrogen and oxygen atoms in total. The zero-order valence-electron chi connectivity index (χ0n) is 14.6. The Kier molecular flexibility index (Phi) is 5.12. The molecule has 0 aliphatic heterocycles. The standard InChI is InChI=1S/C20H17N3O4/c1-14-5-2-7-16(11-14)21-19(24)18-9-4-10-22(20(18)25)13-15-6-3-8-17(12-15)23(26)27/h2-12H,13H2,1H3,(H,21,24). The molecule has 1 amide bonds. The second-order valence-corrected chi connectivity index (χ2v) is 6.11. The van der Waals surface area contributed by atoms with Crippen LogP contribution < -0.4 is 10.9 Å². The minimum atomic E-state index is -0.501. The number of hydrogen-bond donors (Lipinski definition) is 1. The molecule has 136 valence electrons. The molecule has 0 aliphatic rings. The Labute approximate surface area is 155 Å². The molecular weight excluding hydrogens is 346 g/mol. The van der Waals surface area contributed by atoms with E-state index in [4.69, 9.17) is 0 Å². The Bertz CT molecular complexity index is 1070. The molecule has 1 N–H and O–H groups in total. The van der Waals surface area contributed by atoms with Gasteiger partial charge in [0.25, 0.3) is 17.2 Å². The molecule has 27 heavy (non-hydrogen) atoms. The predicted molar refractivity (Wildman–Crippen MR) is 102 cm³/mol. The summed E-state index contributed by atoms with van der Waals surface area (Å²) in [6, 6.07) is 16.4. The van der Waals surface area contributed by atoms with Crippen LogP contribution in [-0.4, -0.2) is 15.4 Å². The van der Waals surface area contributed by atoms with Gasteiger partial charge in [-0.05, 0) is 42.3 Å². The van der Waals surface area contributed by atoms with E-state index in [-0.39, 0.29) is 17.8 Å². The summed E-state index contributed by atoms with van der Waals surface area (Å²) in [5, 5.41) is 13.6. The van der Waals surface area contributed by atoms with E-state index < -0.39 is 16.4 Å². The van der Waals surface area contributed by atoms with Gasteiger partial charge in [-0.2, -0.15) is 0 Å². The van der Waals surface area contributed by atoms with Crippen LogP contribution in [-0.2, 0) is 6.54 Å². The monoisotopic (exact) mass is 363 g/mol. The quantitative estimate of drug-likeness (QED) is 0.555. The number of non-ortho nitro benzene ring substituents is 1. The van der Waals surface area contributed by atoms with Gasteiger partial charge in [-0.3, -0.25) is 19.7 Å². The highest BCUT2D eigenvalue weighted by Gasteiger charge is 2.13. The largest absolute Gasteiger partial charge is 0.322 e. The van der Waals surface area contributed by atoms with Crippen molar-refractivity contribution >= 4 is 17.3 Å². The maximum absolute atomic E-state index is 12.7. The normalized spacial score (nSPS) is 10.4. The van der Waals surface area contributed by atoms with Crippen molar-refractivity contribution in [1.29, 1.82) is 0 Å². The fraction of sp³-hybridized carbons (Fsp3) is 0.100. The SMILES string of the molecule is Cc1cccc(NC(=O)c2cccn(Cc3cccc([N+](=O)[O-])c3)c2=O)c1. The number of nitro groups is 1. The Hall–Kier alpha value is -3.74. The van der Waals surface area contributed by atoms with Crippen LogP contribution in [0.1, 0.15) is 21.5 Å². The number of aryl methyl sites for hydroxylation is 1. The number of benzene rings is 2. The maximum Gasteiger partial charge on any atom is 0.269 e. The van der Waals surface area contributed by atoms with Crippen molar-refractivity contribution in [2.24, 2.45) is 0 Å². The summed E-state index contributed by atoms with van der Waals surface area (Å²) in [4.78, 5) is 35.5. The van der Waals surface area contributed by atoms with Crippen LogP contribution in [0, 0.1) is 17.0 Å². The molecule has 0 saturated heterocycles. The zero-order chi connectivity index (χ0) is 19.4. The molecule has 3 rings (SSSR count). The molecule has 0 aliphatic carbocycles. The lowest BCUT2D eigenvalue weighted by atomic mass is 10.2. The Balaban J connectivity index is 1.85. The van der Waals surface area contributed by atoms with E-state index in [0.29, 0.717) is 11.3 Å². The molecule has 0 unspecified atom stereocenters. The number of carbonyl (C=O) groups excluding carboxylic acids is 1. The van der Waals surface area contributed by atoms with Crippen LogP contribution in [0.25, 0.3) is 0 Å².